The zero-order valence-corrected chi connectivity index (χ0v) is 9.75. The lowest BCUT2D eigenvalue weighted by atomic mass is 10.2. The average molecular weight is 262 g/mol. The van der Waals surface area contributed by atoms with Crippen LogP contribution in [-0.2, 0) is 4.74 Å². The number of hydrogen-bond donors (Lipinski definition) is 1. The summed E-state index contributed by atoms with van der Waals surface area (Å²) in [5.41, 5.74) is 0.126. The molecule has 0 fully saturated rings. The number of esters is 1. The summed E-state index contributed by atoms with van der Waals surface area (Å²) < 4.78 is 40.7. The quantitative estimate of drug-likeness (QED) is 0.829. The summed E-state index contributed by atoms with van der Waals surface area (Å²) >= 11 is 0. The Hall–Kier alpha value is -1.79. The minimum atomic E-state index is -4.24. The first-order chi connectivity index (χ1) is 8.44. The number of nitrogens with zero attached hydrogens (tertiary/aromatic N) is 1. The van der Waals surface area contributed by atoms with Gasteiger partial charge in [0.2, 0.25) is 0 Å². The van der Waals surface area contributed by atoms with Crippen molar-refractivity contribution in [3.63, 3.8) is 0 Å². The van der Waals surface area contributed by atoms with Gasteiger partial charge in [-0.2, -0.15) is 13.2 Å². The number of nitrogens with one attached hydrogen (secondary N) is 1. The van der Waals surface area contributed by atoms with Crippen molar-refractivity contribution < 1.29 is 22.7 Å². The first-order valence-electron chi connectivity index (χ1n) is 5.37. The maximum atomic E-state index is 12.0. The molecule has 0 spiro atoms. The third kappa shape index (κ3) is 4.60. The summed E-state index contributed by atoms with van der Waals surface area (Å²) in [6.45, 7) is 1.49. The number of rotatable bonds is 5. The first kappa shape index (κ1) is 14.3. The van der Waals surface area contributed by atoms with Crippen LogP contribution in [0.2, 0.25) is 0 Å². The highest BCUT2D eigenvalue weighted by Crippen LogP contribution is 2.20. The van der Waals surface area contributed by atoms with E-state index < -0.39 is 18.6 Å². The smallest absolute Gasteiger partial charge is 0.390 e. The molecule has 4 nitrogen and oxygen atoms in total. The molecule has 0 saturated carbocycles. The van der Waals surface area contributed by atoms with Gasteiger partial charge in [0.1, 0.15) is 11.4 Å². The van der Waals surface area contributed by atoms with Gasteiger partial charge in [-0.3, -0.25) is 0 Å². The monoisotopic (exact) mass is 262 g/mol. The number of aromatic nitrogens is 1. The predicted molar refractivity (Wildman–Crippen MR) is 59.4 cm³/mol. The second-order valence-corrected chi connectivity index (χ2v) is 3.41. The van der Waals surface area contributed by atoms with Crippen molar-refractivity contribution in [3.05, 3.63) is 23.9 Å². The SMILES string of the molecule is CCOC(=O)c1cccnc1NCCC(F)(F)F. The van der Waals surface area contributed by atoms with Gasteiger partial charge in [-0.05, 0) is 19.1 Å². The van der Waals surface area contributed by atoms with Gasteiger partial charge in [-0.25, -0.2) is 9.78 Å². The van der Waals surface area contributed by atoms with Crippen LogP contribution in [0.25, 0.3) is 0 Å². The molecule has 0 aliphatic rings. The van der Waals surface area contributed by atoms with Gasteiger partial charge in [-0.1, -0.05) is 0 Å². The van der Waals surface area contributed by atoms with Gasteiger partial charge in [0.15, 0.2) is 0 Å². The molecule has 0 radical (unpaired) electrons. The number of ether oxygens (including phenoxy) is 1. The van der Waals surface area contributed by atoms with Crippen LogP contribution in [0.1, 0.15) is 23.7 Å². The molecule has 0 aromatic carbocycles. The fourth-order valence-electron chi connectivity index (χ4n) is 1.24. The van der Waals surface area contributed by atoms with Gasteiger partial charge < -0.3 is 10.1 Å². The van der Waals surface area contributed by atoms with Crippen LogP contribution in [0, 0.1) is 0 Å². The Balaban J connectivity index is 2.68. The lowest BCUT2D eigenvalue weighted by Crippen LogP contribution is -2.17. The predicted octanol–water partition coefficient (Wildman–Crippen LogP) is 2.62. The van der Waals surface area contributed by atoms with Crippen molar-refractivity contribution in [1.29, 1.82) is 0 Å². The summed E-state index contributed by atoms with van der Waals surface area (Å²) in [5, 5.41) is 2.48. The van der Waals surface area contributed by atoms with E-state index in [4.69, 9.17) is 4.74 Å². The highest BCUT2D eigenvalue weighted by atomic mass is 19.4. The number of halogens is 3. The molecule has 0 aliphatic carbocycles. The Bertz CT molecular complexity index is 408. The lowest BCUT2D eigenvalue weighted by molar-refractivity contribution is -0.131. The van der Waals surface area contributed by atoms with E-state index in [1.54, 1.807) is 6.92 Å². The van der Waals surface area contributed by atoms with Crippen molar-refractivity contribution in [3.8, 4) is 0 Å². The summed E-state index contributed by atoms with van der Waals surface area (Å²) in [6.07, 6.45) is -3.85. The fraction of sp³-hybridized carbons (Fsp3) is 0.455. The number of hydrogen-bond acceptors (Lipinski definition) is 4. The van der Waals surface area contributed by atoms with Crippen LogP contribution in [0.4, 0.5) is 19.0 Å². The topological polar surface area (TPSA) is 51.2 Å². The van der Waals surface area contributed by atoms with Crippen LogP contribution in [0.5, 0.6) is 0 Å². The highest BCUT2D eigenvalue weighted by Gasteiger charge is 2.26. The number of alkyl halides is 3. The summed E-state index contributed by atoms with van der Waals surface area (Å²) in [5.74, 6) is -0.514. The largest absolute Gasteiger partial charge is 0.462 e. The molecule has 100 valence electrons. The van der Waals surface area contributed by atoms with Crippen LogP contribution >= 0.6 is 0 Å². The highest BCUT2D eigenvalue weighted by molar-refractivity contribution is 5.94. The molecule has 0 saturated heterocycles. The number of pyridine rings is 1. The molecule has 1 rings (SSSR count). The minimum Gasteiger partial charge on any atom is -0.462 e. The van der Waals surface area contributed by atoms with E-state index in [1.165, 1.54) is 18.3 Å². The van der Waals surface area contributed by atoms with Gasteiger partial charge in [0.25, 0.3) is 0 Å². The molecule has 0 atom stereocenters. The van der Waals surface area contributed by atoms with Gasteiger partial charge >= 0.3 is 12.1 Å². The number of carbonyl (C=O) groups is 1. The molecule has 0 amide bonds. The average Bonchev–Trinajstić information content (AvgIpc) is 2.28. The third-order valence-corrected chi connectivity index (χ3v) is 2.00. The van der Waals surface area contributed by atoms with Gasteiger partial charge in [0, 0.05) is 12.7 Å². The molecular weight excluding hydrogens is 249 g/mol. The Morgan fingerprint density at radius 1 is 1.50 bits per heavy atom. The van der Waals surface area contributed by atoms with Crippen molar-refractivity contribution in [2.24, 2.45) is 0 Å². The fourth-order valence-corrected chi connectivity index (χ4v) is 1.24. The van der Waals surface area contributed by atoms with Crippen LogP contribution in [-0.4, -0.2) is 30.3 Å². The maximum Gasteiger partial charge on any atom is 0.390 e. The van der Waals surface area contributed by atoms with E-state index in [9.17, 15) is 18.0 Å². The van der Waals surface area contributed by atoms with Crippen molar-refractivity contribution in [2.75, 3.05) is 18.5 Å². The van der Waals surface area contributed by atoms with Crippen molar-refractivity contribution in [2.45, 2.75) is 19.5 Å². The Morgan fingerprint density at radius 2 is 2.22 bits per heavy atom. The standard InChI is InChI=1S/C11H13F3N2O2/c1-2-18-10(17)8-4-3-6-15-9(8)16-7-5-11(12,13)14/h3-4,6H,2,5,7H2,1H3,(H,15,16). The second kappa shape index (κ2) is 6.23. The Labute approximate surface area is 102 Å². The lowest BCUT2D eigenvalue weighted by Gasteiger charge is -2.11. The van der Waals surface area contributed by atoms with Crippen molar-refractivity contribution >= 4 is 11.8 Å². The zero-order valence-electron chi connectivity index (χ0n) is 9.75. The molecule has 0 aliphatic heterocycles. The molecule has 1 aromatic heterocycles. The van der Waals surface area contributed by atoms with Crippen molar-refractivity contribution in [1.82, 2.24) is 4.98 Å². The number of anilines is 1. The zero-order chi connectivity index (χ0) is 13.6. The van der Waals surface area contributed by atoms with Crippen LogP contribution in [0.15, 0.2) is 18.3 Å². The van der Waals surface area contributed by atoms with E-state index in [0.717, 1.165) is 0 Å². The molecule has 1 aromatic rings. The molecule has 0 bridgehead atoms. The molecule has 1 heterocycles. The maximum absolute atomic E-state index is 12.0. The first-order valence-corrected chi connectivity index (χ1v) is 5.37. The van der Waals surface area contributed by atoms with E-state index >= 15 is 0 Å². The Kier molecular flexibility index (Phi) is 4.94. The molecule has 18 heavy (non-hydrogen) atoms. The van der Waals surface area contributed by atoms with Gasteiger partial charge in [-0.15, -0.1) is 0 Å². The van der Waals surface area contributed by atoms with Crippen LogP contribution in [0.3, 0.4) is 0 Å². The summed E-state index contributed by atoms with van der Waals surface area (Å²) in [4.78, 5) is 15.3. The molecule has 0 unspecified atom stereocenters. The Morgan fingerprint density at radius 3 is 2.83 bits per heavy atom. The summed E-state index contributed by atoms with van der Waals surface area (Å²) in [6, 6.07) is 2.96. The third-order valence-electron chi connectivity index (χ3n) is 2.00. The molecular formula is C11H13F3N2O2. The second-order valence-electron chi connectivity index (χ2n) is 3.41. The normalized spacial score (nSPS) is 11.1. The van der Waals surface area contributed by atoms with E-state index in [1.807, 2.05) is 0 Å². The number of carbonyl (C=O) groups excluding carboxylic acids is 1. The van der Waals surface area contributed by atoms with E-state index in [0.29, 0.717) is 0 Å². The van der Waals surface area contributed by atoms with Crippen LogP contribution < -0.4 is 5.32 Å². The summed E-state index contributed by atoms with van der Waals surface area (Å²) in [7, 11) is 0. The van der Waals surface area contributed by atoms with E-state index in [2.05, 4.69) is 10.3 Å². The van der Waals surface area contributed by atoms with E-state index in [-0.39, 0.29) is 24.5 Å². The molecule has 1 N–H and O–H groups in total. The minimum absolute atomic E-state index is 0.0974. The van der Waals surface area contributed by atoms with Gasteiger partial charge in [0.05, 0.1) is 13.0 Å². The molecule has 7 heteroatoms.